The zero-order valence-electron chi connectivity index (χ0n) is 16.5. The number of thioether (sulfide) groups is 2. The van der Waals surface area contributed by atoms with Gasteiger partial charge in [0.05, 0.1) is 6.42 Å². The highest BCUT2D eigenvalue weighted by atomic mass is 32.2. The maximum absolute atomic E-state index is 12.6. The molecule has 3 rings (SSSR count). The van der Waals surface area contributed by atoms with Gasteiger partial charge in [0, 0.05) is 24.0 Å². The van der Waals surface area contributed by atoms with E-state index >= 15 is 0 Å². The number of carboxylic acids is 1. The van der Waals surface area contributed by atoms with E-state index in [1.54, 1.807) is 12.1 Å². The van der Waals surface area contributed by atoms with Crippen LogP contribution in [0.5, 0.6) is 0 Å². The molecule has 2 heterocycles. The number of carboxylic acid groups (broad SMARTS) is 1. The van der Waals surface area contributed by atoms with Crippen LogP contribution in [0.25, 0.3) is 0 Å². The normalized spacial score (nSPS) is 19.7. The first-order valence-corrected chi connectivity index (χ1v) is 11.3. The summed E-state index contributed by atoms with van der Waals surface area (Å²) in [7, 11) is 0. The minimum atomic E-state index is -1.28. The molecule has 0 saturated carbocycles. The van der Waals surface area contributed by atoms with Gasteiger partial charge in [-0.05, 0) is 22.9 Å². The number of thiocyanates is 1. The number of amides is 2. The smallest absolute Gasteiger partial charge is 0.352 e. The SMILES string of the molecule is CC(=O)OCC1=C(C(=O)O)N2C(=O)C(NC(=O)Cc3ccc(CSC#N)cc3)C2SC1. The number of hydrogen-bond donors (Lipinski definition) is 2. The number of nitrogens with zero attached hydrogens (tertiary/aromatic N) is 2. The van der Waals surface area contributed by atoms with Crippen LogP contribution in [0.1, 0.15) is 18.1 Å². The number of hydrogen-bond acceptors (Lipinski definition) is 8. The highest BCUT2D eigenvalue weighted by molar-refractivity contribution is 8.03. The summed E-state index contributed by atoms with van der Waals surface area (Å²) in [6.07, 6.45) is 0.0756. The molecule has 0 spiro atoms. The van der Waals surface area contributed by atoms with Gasteiger partial charge < -0.3 is 15.2 Å². The van der Waals surface area contributed by atoms with Crippen molar-refractivity contribution in [1.82, 2.24) is 10.2 Å². The van der Waals surface area contributed by atoms with E-state index < -0.39 is 29.3 Å². The zero-order valence-corrected chi connectivity index (χ0v) is 18.1. The van der Waals surface area contributed by atoms with E-state index in [1.807, 2.05) is 17.5 Å². The first-order valence-electron chi connectivity index (χ1n) is 9.23. The molecular formula is C20H19N3O6S2. The van der Waals surface area contributed by atoms with Crippen LogP contribution in [-0.2, 0) is 36.1 Å². The van der Waals surface area contributed by atoms with Crippen molar-refractivity contribution in [3.8, 4) is 5.40 Å². The van der Waals surface area contributed by atoms with Gasteiger partial charge in [0.25, 0.3) is 5.91 Å². The summed E-state index contributed by atoms with van der Waals surface area (Å²) in [5.74, 6) is -1.83. The number of nitriles is 1. The van der Waals surface area contributed by atoms with Crippen LogP contribution in [0.15, 0.2) is 35.5 Å². The lowest BCUT2D eigenvalue weighted by Gasteiger charge is -2.49. The quantitative estimate of drug-likeness (QED) is 0.333. The Hall–Kier alpha value is -2.97. The third kappa shape index (κ3) is 5.21. The fraction of sp³-hybridized carbons (Fsp3) is 0.350. The highest BCUT2D eigenvalue weighted by Gasteiger charge is 2.54. The summed E-state index contributed by atoms with van der Waals surface area (Å²) in [4.78, 5) is 48.9. The van der Waals surface area contributed by atoms with Crippen LogP contribution in [0.4, 0.5) is 0 Å². The largest absolute Gasteiger partial charge is 0.477 e. The molecule has 0 radical (unpaired) electrons. The van der Waals surface area contributed by atoms with Crippen LogP contribution >= 0.6 is 23.5 Å². The molecule has 1 saturated heterocycles. The van der Waals surface area contributed by atoms with Crippen LogP contribution < -0.4 is 5.32 Å². The lowest BCUT2D eigenvalue weighted by molar-refractivity contribution is -0.151. The first-order chi connectivity index (χ1) is 14.8. The first kappa shape index (κ1) is 22.7. The van der Waals surface area contributed by atoms with Gasteiger partial charge >= 0.3 is 11.9 Å². The second-order valence-corrected chi connectivity index (χ2v) is 8.73. The van der Waals surface area contributed by atoms with E-state index in [0.29, 0.717) is 11.3 Å². The monoisotopic (exact) mass is 461 g/mol. The second-order valence-electron chi connectivity index (χ2n) is 6.87. The molecule has 0 bridgehead atoms. The molecule has 2 unspecified atom stereocenters. The summed E-state index contributed by atoms with van der Waals surface area (Å²) >= 11 is 2.44. The summed E-state index contributed by atoms with van der Waals surface area (Å²) < 4.78 is 4.89. The van der Waals surface area contributed by atoms with E-state index in [2.05, 4.69) is 5.32 Å². The molecule has 31 heavy (non-hydrogen) atoms. The van der Waals surface area contributed by atoms with Gasteiger partial charge in [0.1, 0.15) is 29.1 Å². The Kier molecular flexibility index (Phi) is 7.25. The summed E-state index contributed by atoms with van der Waals surface area (Å²) in [6.45, 7) is 1.03. The number of fused-ring (bicyclic) bond motifs is 1. The van der Waals surface area contributed by atoms with E-state index in [4.69, 9.17) is 10.00 Å². The van der Waals surface area contributed by atoms with E-state index in [0.717, 1.165) is 27.8 Å². The van der Waals surface area contributed by atoms with Crippen molar-refractivity contribution in [2.75, 3.05) is 12.4 Å². The van der Waals surface area contributed by atoms with Crippen LogP contribution in [-0.4, -0.2) is 57.5 Å². The third-order valence-electron chi connectivity index (χ3n) is 4.71. The summed E-state index contributed by atoms with van der Waals surface area (Å²) in [6, 6.07) is 6.46. The van der Waals surface area contributed by atoms with Crippen molar-refractivity contribution in [2.45, 2.75) is 30.5 Å². The van der Waals surface area contributed by atoms with Crippen molar-refractivity contribution >= 4 is 47.3 Å². The average Bonchev–Trinajstić information content (AvgIpc) is 2.74. The van der Waals surface area contributed by atoms with Crippen LogP contribution in [0.3, 0.4) is 0 Å². The lowest BCUT2D eigenvalue weighted by Crippen LogP contribution is -2.70. The van der Waals surface area contributed by atoms with Crippen LogP contribution in [0.2, 0.25) is 0 Å². The molecular weight excluding hydrogens is 442 g/mol. The Morgan fingerprint density at radius 2 is 2.00 bits per heavy atom. The van der Waals surface area contributed by atoms with Crippen molar-refractivity contribution < 1.29 is 29.0 Å². The van der Waals surface area contributed by atoms with Crippen molar-refractivity contribution in [3.05, 3.63) is 46.7 Å². The van der Waals surface area contributed by atoms with Gasteiger partial charge in [-0.15, -0.1) is 11.8 Å². The van der Waals surface area contributed by atoms with Gasteiger partial charge in [-0.25, -0.2) is 4.79 Å². The van der Waals surface area contributed by atoms with Gasteiger partial charge in [0.15, 0.2) is 0 Å². The molecule has 2 N–H and O–H groups in total. The average molecular weight is 462 g/mol. The Morgan fingerprint density at radius 1 is 1.32 bits per heavy atom. The number of rotatable bonds is 8. The zero-order chi connectivity index (χ0) is 22.5. The molecule has 1 fully saturated rings. The molecule has 2 aliphatic heterocycles. The maximum atomic E-state index is 12.6. The third-order valence-corrected chi connectivity index (χ3v) is 6.65. The molecule has 1 aromatic rings. The van der Waals surface area contributed by atoms with Crippen molar-refractivity contribution in [3.63, 3.8) is 0 Å². The Balaban J connectivity index is 1.61. The number of nitrogens with one attached hydrogen (secondary N) is 1. The van der Waals surface area contributed by atoms with Gasteiger partial charge in [-0.3, -0.25) is 19.3 Å². The maximum Gasteiger partial charge on any atom is 0.352 e. The Bertz CT molecular complexity index is 986. The molecule has 11 heteroatoms. The minimum absolute atomic E-state index is 0.0756. The molecule has 2 aliphatic rings. The fourth-order valence-corrected chi connectivity index (χ4v) is 5.01. The Morgan fingerprint density at radius 3 is 2.61 bits per heavy atom. The number of β-lactam (4-membered cyclic amide) rings is 1. The molecule has 1 aromatic carbocycles. The number of ether oxygens (including phenoxy) is 1. The summed E-state index contributed by atoms with van der Waals surface area (Å²) in [5.41, 5.74) is 1.89. The van der Waals surface area contributed by atoms with Gasteiger partial charge in [-0.1, -0.05) is 24.3 Å². The van der Waals surface area contributed by atoms with Crippen molar-refractivity contribution in [2.24, 2.45) is 0 Å². The van der Waals surface area contributed by atoms with E-state index in [1.165, 1.54) is 18.7 Å². The molecule has 9 nitrogen and oxygen atoms in total. The van der Waals surface area contributed by atoms with E-state index in [-0.39, 0.29) is 30.4 Å². The standard InChI is InChI=1S/C20H19N3O6S2/c1-11(24)29-7-14-9-31-19-16(18(26)23(19)17(14)20(27)28)22-15(25)6-12-2-4-13(5-3-12)8-30-10-21/h2-5,16,19H,6-9H2,1H3,(H,22,25)(H,27,28). The predicted octanol–water partition coefficient (Wildman–Crippen LogP) is 1.25. The number of carbonyl (C=O) groups is 4. The second kappa shape index (κ2) is 9.89. The molecule has 2 atom stereocenters. The molecule has 2 amide bonds. The predicted molar refractivity (Wildman–Crippen MR) is 113 cm³/mol. The molecule has 162 valence electrons. The van der Waals surface area contributed by atoms with Crippen LogP contribution in [0, 0.1) is 10.7 Å². The number of aliphatic carboxylic acids is 1. The fourth-order valence-electron chi connectivity index (χ4n) is 3.26. The minimum Gasteiger partial charge on any atom is -0.477 e. The number of carbonyl (C=O) groups excluding carboxylic acids is 3. The lowest BCUT2D eigenvalue weighted by atomic mass is 10.0. The summed E-state index contributed by atoms with van der Waals surface area (Å²) in [5, 5.41) is 22.3. The topological polar surface area (TPSA) is 137 Å². The Labute approximate surface area is 186 Å². The van der Waals surface area contributed by atoms with Crippen molar-refractivity contribution in [1.29, 1.82) is 5.26 Å². The van der Waals surface area contributed by atoms with E-state index in [9.17, 15) is 24.3 Å². The number of esters is 1. The van der Waals surface area contributed by atoms with Gasteiger partial charge in [0.2, 0.25) is 5.91 Å². The highest BCUT2D eigenvalue weighted by Crippen LogP contribution is 2.40. The van der Waals surface area contributed by atoms with Gasteiger partial charge in [-0.2, -0.15) is 5.26 Å². The molecule has 0 aromatic heterocycles. The molecule has 0 aliphatic carbocycles. The number of benzene rings is 1.